The molecule has 49 heavy (non-hydrogen) atoms. The Morgan fingerprint density at radius 2 is 1.80 bits per heavy atom. The fourth-order valence-electron chi connectivity index (χ4n) is 12.3. The predicted molar refractivity (Wildman–Crippen MR) is 189 cm³/mol. The summed E-state index contributed by atoms with van der Waals surface area (Å²) in [7, 11) is 0. The molecule has 7 aliphatic rings. The lowest BCUT2D eigenvalue weighted by molar-refractivity contribution is -0.157. The lowest BCUT2D eigenvalue weighted by Gasteiger charge is -2.51. The van der Waals surface area contributed by atoms with Crippen LogP contribution in [-0.2, 0) is 20.7 Å². The van der Waals surface area contributed by atoms with E-state index in [0.717, 1.165) is 77.0 Å². The molecule has 4 saturated carbocycles. The van der Waals surface area contributed by atoms with Crippen LogP contribution in [0.4, 0.5) is 0 Å². The van der Waals surface area contributed by atoms with Crippen molar-refractivity contribution < 1.29 is 24.5 Å². The van der Waals surface area contributed by atoms with Crippen molar-refractivity contribution in [3.8, 4) is 11.8 Å². The molecule has 0 heterocycles. The quantitative estimate of drug-likeness (QED) is 0.303. The summed E-state index contributed by atoms with van der Waals surface area (Å²) in [5, 5.41) is 30.1. The highest BCUT2D eigenvalue weighted by Crippen LogP contribution is 2.64. The van der Waals surface area contributed by atoms with Gasteiger partial charge in [0.15, 0.2) is 5.78 Å². The monoisotopic (exact) mass is 667 g/mol. The number of hydrogen-bond acceptors (Lipinski definition) is 6. The van der Waals surface area contributed by atoms with Crippen molar-refractivity contribution in [1.29, 1.82) is 5.26 Å². The van der Waals surface area contributed by atoms with Gasteiger partial charge in [-0.1, -0.05) is 38.8 Å². The second-order valence-corrected chi connectivity index (χ2v) is 17.2. The second-order valence-electron chi connectivity index (χ2n) is 17.2. The molecule has 0 amide bonds. The van der Waals surface area contributed by atoms with Gasteiger partial charge in [-0.3, -0.25) is 9.59 Å². The molecular weight excluding hydrogens is 610 g/mol. The summed E-state index contributed by atoms with van der Waals surface area (Å²) >= 11 is 0. The van der Waals surface area contributed by atoms with Crippen LogP contribution in [0.2, 0.25) is 0 Å². The summed E-state index contributed by atoms with van der Waals surface area (Å²) in [6, 6.07) is 8.19. The van der Waals surface area contributed by atoms with Crippen LogP contribution in [0, 0.1) is 45.8 Å². The summed E-state index contributed by atoms with van der Waals surface area (Å²) in [6.45, 7) is 6.71. The van der Waals surface area contributed by atoms with Crippen LogP contribution in [0.5, 0.6) is 5.75 Å². The first-order valence-electron chi connectivity index (χ1n) is 19.6. The molecule has 0 saturated heterocycles. The van der Waals surface area contributed by atoms with E-state index in [9.17, 15) is 19.8 Å². The van der Waals surface area contributed by atoms with Crippen LogP contribution in [-0.4, -0.2) is 33.7 Å². The lowest BCUT2D eigenvalue weighted by atomic mass is 9.54. The molecule has 264 valence electrons. The molecule has 0 aromatic heterocycles. The van der Waals surface area contributed by atoms with Gasteiger partial charge in [0, 0.05) is 23.7 Å². The Morgan fingerprint density at radius 3 is 2.59 bits per heavy atom. The number of aromatic hydroxyl groups is 1. The molecule has 1 aromatic carbocycles. The Kier molecular flexibility index (Phi) is 9.39. The normalized spacial score (nSPS) is 38.7. The molecule has 4 fully saturated rings. The second kappa shape index (κ2) is 13.3. The van der Waals surface area contributed by atoms with E-state index in [4.69, 9.17) is 10.00 Å². The summed E-state index contributed by atoms with van der Waals surface area (Å²) in [5.74, 6) is 3.71. The average molecular weight is 668 g/mol. The van der Waals surface area contributed by atoms with Gasteiger partial charge in [0.1, 0.15) is 11.9 Å². The Hall–Kier alpha value is -2.91. The molecule has 6 nitrogen and oxygen atoms in total. The number of phenols is 1. The zero-order valence-corrected chi connectivity index (χ0v) is 30.1. The summed E-state index contributed by atoms with van der Waals surface area (Å²) in [6.07, 6.45) is 19.1. The molecule has 0 spiro atoms. The number of hydrogen-bond donors (Lipinski definition) is 2. The topological polar surface area (TPSA) is 108 Å². The van der Waals surface area contributed by atoms with Crippen LogP contribution in [0.3, 0.4) is 0 Å². The predicted octanol–water partition coefficient (Wildman–Crippen LogP) is 9.19. The smallest absolute Gasteiger partial charge is 0.306 e. The Morgan fingerprint density at radius 1 is 0.959 bits per heavy atom. The van der Waals surface area contributed by atoms with Crippen molar-refractivity contribution >= 4 is 11.8 Å². The van der Waals surface area contributed by atoms with Crippen molar-refractivity contribution in [3.05, 3.63) is 52.1 Å². The maximum atomic E-state index is 12.2. The van der Waals surface area contributed by atoms with Crippen molar-refractivity contribution in [2.75, 3.05) is 0 Å². The lowest BCUT2D eigenvalue weighted by Crippen LogP contribution is -2.49. The number of nitriles is 1. The van der Waals surface area contributed by atoms with Gasteiger partial charge < -0.3 is 14.9 Å². The molecule has 9 unspecified atom stereocenters. The van der Waals surface area contributed by atoms with Crippen LogP contribution in [0.15, 0.2) is 41.0 Å². The van der Waals surface area contributed by atoms with Gasteiger partial charge in [0.05, 0.1) is 18.1 Å². The first kappa shape index (κ1) is 34.5. The van der Waals surface area contributed by atoms with E-state index in [2.05, 4.69) is 32.9 Å². The average Bonchev–Trinajstić information content (AvgIpc) is 3.55. The number of carbonyl (C=O) groups excluding carboxylic acids is 2. The molecule has 2 N–H and O–H groups in total. The van der Waals surface area contributed by atoms with Crippen molar-refractivity contribution in [2.45, 2.75) is 154 Å². The molecule has 8 rings (SSSR count). The van der Waals surface area contributed by atoms with Crippen LogP contribution in [0.1, 0.15) is 147 Å². The highest BCUT2D eigenvalue weighted by Gasteiger charge is 2.61. The number of esters is 1. The first-order chi connectivity index (χ1) is 23.5. The van der Waals surface area contributed by atoms with Crippen LogP contribution >= 0.6 is 0 Å². The zero-order chi connectivity index (χ0) is 34.6. The maximum Gasteiger partial charge on any atom is 0.306 e. The minimum absolute atomic E-state index is 0.00492. The fraction of sp³-hybridized carbons (Fsp3) is 0.698. The number of benzene rings is 1. The third kappa shape index (κ3) is 5.90. The number of aryl methyl sites for hydroxylation is 1. The van der Waals surface area contributed by atoms with E-state index >= 15 is 0 Å². The zero-order valence-electron chi connectivity index (χ0n) is 30.1. The summed E-state index contributed by atoms with van der Waals surface area (Å²) < 4.78 is 5.98. The van der Waals surface area contributed by atoms with Gasteiger partial charge in [0.25, 0.3) is 0 Å². The van der Waals surface area contributed by atoms with Gasteiger partial charge in [-0.05, 0) is 160 Å². The molecular formula is C43H57NO5. The van der Waals surface area contributed by atoms with E-state index < -0.39 is 5.60 Å². The van der Waals surface area contributed by atoms with E-state index in [1.165, 1.54) is 41.5 Å². The van der Waals surface area contributed by atoms with Crippen LogP contribution < -0.4 is 0 Å². The van der Waals surface area contributed by atoms with Crippen molar-refractivity contribution in [1.82, 2.24) is 0 Å². The Labute approximate surface area is 293 Å². The molecule has 1 aromatic rings. The Bertz CT molecular complexity index is 1580. The molecule has 0 bridgehead atoms. The number of allylic oxidation sites excluding steroid dienone is 4. The van der Waals surface area contributed by atoms with Gasteiger partial charge in [-0.15, -0.1) is 0 Å². The SMILES string of the molecule is CC12CCC3=C4CCC(=O)C=C4CCC3C1CCC2(O)CC#N.CCCCC(=O)OC1CCC2C3CCc4cc(O)ccc4C3CCC12C. The minimum atomic E-state index is -0.804. The molecule has 6 heteroatoms. The van der Waals surface area contributed by atoms with Crippen LogP contribution in [0.25, 0.3) is 0 Å². The highest BCUT2D eigenvalue weighted by atomic mass is 16.5. The van der Waals surface area contributed by atoms with E-state index in [1.54, 1.807) is 5.57 Å². The molecule has 9 atom stereocenters. The Balaban J connectivity index is 0.000000155. The fourth-order valence-corrected chi connectivity index (χ4v) is 12.3. The number of aliphatic hydroxyl groups is 1. The third-order valence-electron chi connectivity index (χ3n) is 15.1. The number of rotatable bonds is 5. The van der Waals surface area contributed by atoms with Crippen molar-refractivity contribution in [2.24, 2.45) is 34.5 Å². The largest absolute Gasteiger partial charge is 0.508 e. The van der Waals surface area contributed by atoms with Gasteiger partial charge in [0.2, 0.25) is 0 Å². The first-order valence-corrected chi connectivity index (χ1v) is 19.6. The highest BCUT2D eigenvalue weighted by molar-refractivity contribution is 5.93. The standard InChI is InChI=1S/C23H32O3.C20H25NO2/c1-3-4-5-22(25)26-21-11-10-20-19-8-6-15-14-16(24)7-9-17(15)18(19)12-13-23(20,21)2;1-19-8-6-16-15-5-3-14(22)12-13(15)2-4-17(16)18(19)7-9-20(19,23)10-11-21/h7,9,14,18-21,24H,3-6,8,10-13H2,1-2H3;12,17-18,23H,2-10H2,1H3. The van der Waals surface area contributed by atoms with Gasteiger partial charge >= 0.3 is 5.97 Å². The van der Waals surface area contributed by atoms with Crippen molar-refractivity contribution in [3.63, 3.8) is 0 Å². The minimum Gasteiger partial charge on any atom is -0.508 e. The maximum absolute atomic E-state index is 12.2. The summed E-state index contributed by atoms with van der Waals surface area (Å²) in [4.78, 5) is 23.9. The van der Waals surface area contributed by atoms with Gasteiger partial charge in [-0.2, -0.15) is 5.26 Å². The molecule has 0 aliphatic heterocycles. The summed E-state index contributed by atoms with van der Waals surface area (Å²) in [5.41, 5.74) is 6.38. The number of ether oxygens (including phenoxy) is 1. The number of unbranched alkanes of at least 4 members (excludes halogenated alkanes) is 1. The van der Waals surface area contributed by atoms with E-state index in [-0.39, 0.29) is 35.1 Å². The number of carbonyl (C=O) groups is 2. The molecule has 7 aliphatic carbocycles. The third-order valence-corrected chi connectivity index (χ3v) is 15.1. The number of nitrogens with zero attached hydrogens (tertiary/aromatic N) is 1. The van der Waals surface area contributed by atoms with Gasteiger partial charge in [-0.25, -0.2) is 0 Å². The van der Waals surface area contributed by atoms with E-state index in [1.807, 2.05) is 18.2 Å². The number of fused-ring (bicyclic) bond motifs is 9. The van der Waals surface area contributed by atoms with E-state index in [0.29, 0.717) is 48.2 Å². The number of phenolic OH excluding ortho intramolecular Hbond substituents is 1. The molecule has 0 radical (unpaired) electrons. The number of ketones is 1.